The van der Waals surface area contributed by atoms with Gasteiger partial charge in [-0.1, -0.05) is 51.8 Å². The maximum Gasteiger partial charge on any atom is 4.00 e. The van der Waals surface area contributed by atoms with Crippen molar-refractivity contribution in [3.8, 4) is 0 Å². The summed E-state index contributed by atoms with van der Waals surface area (Å²) in [6.07, 6.45) is 0. The molecule has 0 aliphatic heterocycles. The SMILES string of the molecule is CC(C)(C)[NH-].Cc1cc(C)c2c(C)c(C)[cH-]c2c1.[CH3-].[CH3-].[Si].[Ti+4]. The van der Waals surface area contributed by atoms with E-state index in [0.29, 0.717) is 0 Å². The summed E-state index contributed by atoms with van der Waals surface area (Å²) < 4.78 is 0. The number of benzene rings is 1. The third-order valence-electron chi connectivity index (χ3n) is 2.85. The van der Waals surface area contributed by atoms with Gasteiger partial charge in [-0.3, -0.25) is 0 Å². The Kier molecular flexibility index (Phi) is 15.2. The summed E-state index contributed by atoms with van der Waals surface area (Å²) in [5.41, 5.74) is 12.3. The zero-order chi connectivity index (χ0) is 14.1. The summed E-state index contributed by atoms with van der Waals surface area (Å²) >= 11 is 0. The molecule has 0 heterocycles. The van der Waals surface area contributed by atoms with Gasteiger partial charge in [0.25, 0.3) is 0 Å². The number of rotatable bonds is 0. The molecule has 0 saturated carbocycles. The number of aryl methyl sites for hydroxylation is 4. The number of fused-ring (bicyclic) bond motifs is 1. The fourth-order valence-electron chi connectivity index (χ4n) is 2.17. The first-order valence-electron chi connectivity index (χ1n) is 6.48. The van der Waals surface area contributed by atoms with Gasteiger partial charge in [0, 0.05) is 11.0 Å². The van der Waals surface area contributed by atoms with E-state index >= 15 is 0 Å². The fraction of sp³-hybridized carbons (Fsp3) is 0.421. The van der Waals surface area contributed by atoms with E-state index in [0.717, 1.165) is 0 Å². The van der Waals surface area contributed by atoms with E-state index < -0.39 is 0 Å². The van der Waals surface area contributed by atoms with Crippen molar-refractivity contribution in [1.29, 1.82) is 0 Å². The Morgan fingerprint density at radius 1 is 0.955 bits per heavy atom. The van der Waals surface area contributed by atoms with Crippen LogP contribution in [0.4, 0.5) is 0 Å². The van der Waals surface area contributed by atoms with E-state index in [9.17, 15) is 0 Å². The number of nitrogens with one attached hydrogen (secondary N) is 1. The van der Waals surface area contributed by atoms with Gasteiger partial charge in [0.2, 0.25) is 0 Å². The molecular weight excluding hydrogens is 318 g/mol. The Bertz CT molecular complexity index is 545. The summed E-state index contributed by atoms with van der Waals surface area (Å²) in [5, 5.41) is 2.84. The van der Waals surface area contributed by atoms with Crippen LogP contribution in [-0.4, -0.2) is 16.5 Å². The standard InChI is InChI=1S/C13H15.C4H10N.2CH3.Si.Ti/c1-8-5-10(3)13-11(4)9(2)7-12(13)6-8;1-4(2,3)5;;;;/h5-7H,1-4H3;5H,1-3H3;2*1H3;;/q4*-1;;+4. The monoisotopic (exact) mass is 349 g/mol. The molecule has 0 amide bonds. The van der Waals surface area contributed by atoms with E-state index in [2.05, 4.69) is 45.9 Å². The molecule has 0 unspecified atom stereocenters. The molecule has 1 nitrogen and oxygen atoms in total. The van der Waals surface area contributed by atoms with Crippen molar-refractivity contribution in [2.24, 2.45) is 0 Å². The Morgan fingerprint density at radius 3 is 1.77 bits per heavy atom. The molecule has 0 atom stereocenters. The predicted molar refractivity (Wildman–Crippen MR) is 101 cm³/mol. The van der Waals surface area contributed by atoms with E-state index in [4.69, 9.17) is 5.73 Å². The van der Waals surface area contributed by atoms with E-state index in [1.54, 1.807) is 0 Å². The Morgan fingerprint density at radius 2 is 1.36 bits per heavy atom. The summed E-state index contributed by atoms with van der Waals surface area (Å²) in [4.78, 5) is 0. The van der Waals surface area contributed by atoms with Gasteiger partial charge in [-0.05, 0) is 13.8 Å². The Balaban J connectivity index is -0.000000161. The van der Waals surface area contributed by atoms with Crippen LogP contribution in [0.1, 0.15) is 43.0 Å². The third kappa shape index (κ3) is 8.99. The van der Waals surface area contributed by atoms with Crippen LogP contribution in [0, 0.1) is 42.5 Å². The summed E-state index contributed by atoms with van der Waals surface area (Å²) in [6, 6.07) is 6.81. The second kappa shape index (κ2) is 11.3. The van der Waals surface area contributed by atoms with Gasteiger partial charge in [0.15, 0.2) is 0 Å². The van der Waals surface area contributed by atoms with E-state index in [-0.39, 0.29) is 53.1 Å². The molecular formula is C19H31NSiTi. The molecule has 2 aromatic rings. The van der Waals surface area contributed by atoms with Gasteiger partial charge in [0.1, 0.15) is 0 Å². The fourth-order valence-corrected chi connectivity index (χ4v) is 2.17. The topological polar surface area (TPSA) is 23.8 Å². The van der Waals surface area contributed by atoms with Crippen LogP contribution in [0.3, 0.4) is 0 Å². The average molecular weight is 349 g/mol. The van der Waals surface area contributed by atoms with Gasteiger partial charge >= 0.3 is 21.7 Å². The Labute approximate surface area is 158 Å². The first-order valence-corrected chi connectivity index (χ1v) is 6.48. The largest absolute Gasteiger partial charge is 4.00 e. The van der Waals surface area contributed by atoms with E-state index in [1.165, 1.54) is 33.0 Å². The number of hydrogen-bond acceptors (Lipinski definition) is 0. The van der Waals surface area contributed by atoms with Crippen molar-refractivity contribution in [2.45, 2.75) is 54.0 Å². The summed E-state index contributed by atoms with van der Waals surface area (Å²) in [5.74, 6) is 0. The predicted octanol–water partition coefficient (Wildman–Crippen LogP) is 6.15. The molecule has 22 heavy (non-hydrogen) atoms. The molecule has 0 fully saturated rings. The molecule has 0 saturated heterocycles. The second-order valence-electron chi connectivity index (χ2n) is 6.25. The number of hydrogen-bond donors (Lipinski definition) is 0. The van der Waals surface area contributed by atoms with Gasteiger partial charge in [-0.2, -0.15) is 5.56 Å². The van der Waals surface area contributed by atoms with Gasteiger partial charge in [-0.15, -0.1) is 34.0 Å². The molecule has 0 spiro atoms. The van der Waals surface area contributed by atoms with Crippen molar-refractivity contribution in [1.82, 2.24) is 0 Å². The minimum Gasteiger partial charge on any atom is -0.673 e. The van der Waals surface area contributed by atoms with Crippen molar-refractivity contribution in [2.75, 3.05) is 0 Å². The molecule has 3 heteroatoms. The molecule has 2 aromatic carbocycles. The summed E-state index contributed by atoms with van der Waals surface area (Å²) in [7, 11) is 0. The van der Waals surface area contributed by atoms with Crippen LogP contribution in [-0.2, 0) is 21.7 Å². The zero-order valence-electron chi connectivity index (χ0n) is 15.7. The minimum atomic E-state index is -0.250. The molecule has 0 bridgehead atoms. The van der Waals surface area contributed by atoms with Crippen molar-refractivity contribution >= 4 is 21.7 Å². The molecule has 4 radical (unpaired) electrons. The minimum absolute atomic E-state index is 0. The van der Waals surface area contributed by atoms with Crippen LogP contribution < -0.4 is 0 Å². The Hall–Kier alpha value is -0.279. The molecule has 0 aromatic heterocycles. The van der Waals surface area contributed by atoms with E-state index in [1.807, 2.05) is 20.8 Å². The van der Waals surface area contributed by atoms with Gasteiger partial charge in [-0.25, -0.2) is 0 Å². The van der Waals surface area contributed by atoms with Crippen LogP contribution in [0.25, 0.3) is 16.5 Å². The maximum absolute atomic E-state index is 6.94. The maximum atomic E-state index is 6.94. The quantitative estimate of drug-likeness (QED) is 0.402. The normalized spacial score (nSPS) is 9.27. The molecule has 0 aliphatic rings. The molecule has 1 N–H and O–H groups in total. The first kappa shape index (κ1) is 29.7. The molecule has 0 aliphatic carbocycles. The van der Waals surface area contributed by atoms with Crippen LogP contribution in [0.15, 0.2) is 18.2 Å². The van der Waals surface area contributed by atoms with Crippen molar-refractivity contribution in [3.05, 3.63) is 61.0 Å². The van der Waals surface area contributed by atoms with Crippen LogP contribution in [0.5, 0.6) is 0 Å². The van der Waals surface area contributed by atoms with Crippen molar-refractivity contribution < 1.29 is 21.7 Å². The second-order valence-corrected chi connectivity index (χ2v) is 6.25. The smallest absolute Gasteiger partial charge is 0.673 e. The van der Waals surface area contributed by atoms with Crippen LogP contribution >= 0.6 is 0 Å². The van der Waals surface area contributed by atoms with Gasteiger partial charge < -0.3 is 20.6 Å². The zero-order valence-corrected chi connectivity index (χ0v) is 18.3. The van der Waals surface area contributed by atoms with Gasteiger partial charge in [0.05, 0.1) is 0 Å². The van der Waals surface area contributed by atoms with Crippen LogP contribution in [0.2, 0.25) is 0 Å². The molecule has 2 rings (SSSR count). The molecule has 120 valence electrons. The average Bonchev–Trinajstić information content (AvgIpc) is 2.38. The van der Waals surface area contributed by atoms with Crippen molar-refractivity contribution in [3.63, 3.8) is 0 Å². The summed E-state index contributed by atoms with van der Waals surface area (Å²) in [6.45, 7) is 14.3. The first-order chi connectivity index (χ1) is 8.09. The third-order valence-corrected chi connectivity index (χ3v) is 2.85.